The van der Waals surface area contributed by atoms with E-state index >= 15 is 0 Å². The number of alkyl halides is 4. The second-order valence-corrected chi connectivity index (χ2v) is 10.8. The van der Waals surface area contributed by atoms with Crippen LogP contribution in [0, 0.1) is 0 Å². The molecule has 0 unspecified atom stereocenters. The van der Waals surface area contributed by atoms with Crippen molar-refractivity contribution in [1.29, 1.82) is 0 Å². The van der Waals surface area contributed by atoms with Crippen LogP contribution in [0.15, 0.2) is 47.9 Å². The fraction of sp³-hybridized carbons (Fsp3) is 0.400. The van der Waals surface area contributed by atoms with Crippen LogP contribution in [0.2, 0.25) is 0 Å². The van der Waals surface area contributed by atoms with Crippen LogP contribution in [0.4, 0.5) is 38.3 Å². The van der Waals surface area contributed by atoms with Gasteiger partial charge in [0.1, 0.15) is 17.2 Å². The molecule has 2 aromatic rings. The van der Waals surface area contributed by atoms with Crippen molar-refractivity contribution in [3.05, 3.63) is 48.5 Å². The Hall–Kier alpha value is -2.68. The number of benzene rings is 1. The fourth-order valence-corrected chi connectivity index (χ4v) is 4.29. The van der Waals surface area contributed by atoms with Crippen LogP contribution >= 0.6 is 21.8 Å². The normalized spacial score (nSPS) is 21.2. The first-order valence-electron chi connectivity index (χ1n) is 10.7. The number of nitrogens with zero attached hydrogens (tertiary/aromatic N) is 3. The summed E-state index contributed by atoms with van der Waals surface area (Å²) in [6.45, 7) is 0. The third-order valence-electron chi connectivity index (χ3n) is 5.27. The van der Waals surface area contributed by atoms with Crippen molar-refractivity contribution in [2.24, 2.45) is 0 Å². The lowest BCUT2D eigenvalue weighted by Gasteiger charge is -2.40. The standard InChI is InChI=1S/C20H19ClF8N4O2S/c21-17(22)19(35)33(14-1-3-15(4-2-14)36(25,26,27,28)29)16(12-9-30-11-31-10-12)18(34)32-13-5-7-20(23,24)8-6-13/h1-4,9-11,13,16-17H,5-8H2,(H,32,34)/t16-,17+/m1/s1/i16D. The van der Waals surface area contributed by atoms with Crippen molar-refractivity contribution in [1.82, 2.24) is 15.3 Å². The van der Waals surface area contributed by atoms with E-state index in [1.165, 1.54) is 0 Å². The molecule has 1 aliphatic carbocycles. The maximum atomic E-state index is 14.0. The van der Waals surface area contributed by atoms with Gasteiger partial charge >= 0.3 is 10.2 Å². The van der Waals surface area contributed by atoms with Gasteiger partial charge in [0.25, 0.3) is 11.5 Å². The molecule has 1 aromatic heterocycles. The fourth-order valence-electron chi connectivity index (χ4n) is 3.54. The number of hydrogen-bond acceptors (Lipinski definition) is 4. The minimum atomic E-state index is -10.1. The van der Waals surface area contributed by atoms with Gasteiger partial charge in [-0.1, -0.05) is 31.0 Å². The Balaban J connectivity index is 2.11. The zero-order valence-electron chi connectivity index (χ0n) is 19.0. The second-order valence-electron chi connectivity index (χ2n) is 8.02. The average molecular weight is 568 g/mol. The lowest BCUT2D eigenvalue weighted by atomic mass is 9.92. The molecule has 1 saturated carbocycles. The van der Waals surface area contributed by atoms with Crippen LogP contribution < -0.4 is 10.2 Å². The SMILES string of the molecule is [2H][C@](C(=O)NC1CCC(F)(F)CC1)(c1cncnc1)N(C(=O)[C@H](F)Cl)c1ccc(S(F)(F)(F)(F)F)cc1. The summed E-state index contributed by atoms with van der Waals surface area (Å²) >= 11 is 5.26. The number of halogens is 9. The monoisotopic (exact) mass is 567 g/mol. The average Bonchev–Trinajstić information content (AvgIpc) is 2.79. The van der Waals surface area contributed by atoms with Crippen molar-refractivity contribution in [3.8, 4) is 0 Å². The molecule has 1 aromatic carbocycles. The second kappa shape index (κ2) is 9.01. The van der Waals surface area contributed by atoms with Crippen LogP contribution in [0.5, 0.6) is 0 Å². The summed E-state index contributed by atoms with van der Waals surface area (Å²) in [7, 11) is -10.1. The minimum absolute atomic E-state index is 0.0608. The van der Waals surface area contributed by atoms with E-state index in [0.29, 0.717) is 12.1 Å². The molecule has 2 amide bonds. The molecule has 0 spiro atoms. The molecule has 1 aliphatic rings. The van der Waals surface area contributed by atoms with E-state index in [9.17, 15) is 42.2 Å². The van der Waals surface area contributed by atoms with Crippen molar-refractivity contribution >= 4 is 39.3 Å². The Morgan fingerprint density at radius 2 is 1.61 bits per heavy atom. The van der Waals surface area contributed by atoms with Gasteiger partial charge in [-0.25, -0.2) is 23.1 Å². The zero-order chi connectivity index (χ0) is 27.9. The minimum Gasteiger partial charge on any atom is -0.351 e. The number of hydrogen-bond donors (Lipinski definition) is 1. The number of anilines is 1. The topological polar surface area (TPSA) is 75.2 Å². The Morgan fingerprint density at radius 3 is 2.08 bits per heavy atom. The molecule has 6 nitrogen and oxygen atoms in total. The summed E-state index contributed by atoms with van der Waals surface area (Å²) in [6.07, 6.45) is 1.11. The smallest absolute Gasteiger partial charge is 0.310 e. The van der Waals surface area contributed by atoms with Gasteiger partial charge in [-0.05, 0) is 37.1 Å². The third-order valence-corrected chi connectivity index (χ3v) is 6.62. The highest BCUT2D eigenvalue weighted by molar-refractivity contribution is 8.45. The summed E-state index contributed by atoms with van der Waals surface area (Å²) in [4.78, 5) is 31.1. The summed E-state index contributed by atoms with van der Waals surface area (Å²) < 4.78 is 116. The third kappa shape index (κ3) is 6.75. The quantitative estimate of drug-likeness (QED) is 0.309. The first-order chi connectivity index (χ1) is 16.7. The number of nitrogens with one attached hydrogen (secondary N) is 1. The maximum absolute atomic E-state index is 14.0. The first-order valence-corrected chi connectivity index (χ1v) is 12.5. The molecule has 1 fully saturated rings. The molecule has 0 saturated heterocycles. The Morgan fingerprint density at radius 1 is 1.08 bits per heavy atom. The molecule has 0 radical (unpaired) electrons. The molecule has 0 aliphatic heterocycles. The molecule has 200 valence electrons. The lowest BCUT2D eigenvalue weighted by Crippen LogP contribution is -2.49. The number of aromatic nitrogens is 2. The Kier molecular flexibility index (Phi) is 6.60. The van der Waals surface area contributed by atoms with Crippen LogP contribution in [0.1, 0.15) is 38.6 Å². The molecule has 16 heteroatoms. The van der Waals surface area contributed by atoms with E-state index in [1.807, 2.05) is 0 Å². The van der Waals surface area contributed by atoms with Crippen LogP contribution in [-0.4, -0.2) is 39.4 Å². The van der Waals surface area contributed by atoms with Gasteiger partial charge in [-0.2, -0.15) is 0 Å². The maximum Gasteiger partial charge on any atom is 0.310 e. The highest BCUT2D eigenvalue weighted by Crippen LogP contribution is 3.02. The van der Waals surface area contributed by atoms with E-state index in [0.717, 1.165) is 18.7 Å². The predicted molar refractivity (Wildman–Crippen MR) is 116 cm³/mol. The number of carbonyl (C=O) groups excluding carboxylic acids is 2. The zero-order valence-corrected chi connectivity index (χ0v) is 19.6. The van der Waals surface area contributed by atoms with Crippen molar-refractivity contribution in [2.75, 3.05) is 4.90 Å². The van der Waals surface area contributed by atoms with Crippen molar-refractivity contribution < 1.29 is 43.6 Å². The van der Waals surface area contributed by atoms with E-state index < -0.39 is 74.6 Å². The van der Waals surface area contributed by atoms with Crippen molar-refractivity contribution in [3.63, 3.8) is 0 Å². The number of carbonyl (C=O) groups is 2. The molecular weight excluding hydrogens is 548 g/mol. The number of amides is 2. The summed E-state index contributed by atoms with van der Waals surface area (Å²) in [5.41, 5.74) is -4.19. The lowest BCUT2D eigenvalue weighted by molar-refractivity contribution is -0.128. The van der Waals surface area contributed by atoms with E-state index in [1.54, 1.807) is 0 Å². The summed E-state index contributed by atoms with van der Waals surface area (Å²) in [5, 5.41) is 2.32. The molecule has 2 atom stereocenters. The van der Waals surface area contributed by atoms with Crippen LogP contribution in [0.25, 0.3) is 0 Å². The van der Waals surface area contributed by atoms with Gasteiger partial charge < -0.3 is 5.32 Å². The van der Waals surface area contributed by atoms with Gasteiger partial charge in [-0.15, -0.1) is 0 Å². The predicted octanol–water partition coefficient (Wildman–Crippen LogP) is 6.44. The highest BCUT2D eigenvalue weighted by Gasteiger charge is 2.65. The molecule has 36 heavy (non-hydrogen) atoms. The molecule has 3 rings (SSSR count). The molecule has 1 heterocycles. The van der Waals surface area contributed by atoms with Gasteiger partial charge in [0.2, 0.25) is 11.8 Å². The van der Waals surface area contributed by atoms with Gasteiger partial charge in [0.15, 0.2) is 0 Å². The summed E-state index contributed by atoms with van der Waals surface area (Å²) in [6, 6.07) is -3.46. The molecule has 1 N–H and O–H groups in total. The van der Waals surface area contributed by atoms with Gasteiger partial charge in [0.05, 0.1) is 1.37 Å². The molecule has 0 bridgehead atoms. The largest absolute Gasteiger partial charge is 0.351 e. The first kappa shape index (κ1) is 26.4. The van der Waals surface area contributed by atoms with Crippen LogP contribution in [-0.2, 0) is 9.59 Å². The van der Waals surface area contributed by atoms with Crippen molar-refractivity contribution in [2.45, 2.75) is 54.2 Å². The Labute approximate surface area is 206 Å². The van der Waals surface area contributed by atoms with Crippen LogP contribution in [0.3, 0.4) is 0 Å². The van der Waals surface area contributed by atoms with E-state index in [4.69, 9.17) is 13.0 Å². The Bertz CT molecular complexity index is 1170. The highest BCUT2D eigenvalue weighted by atomic mass is 35.5. The molecular formula is C20H19ClF8N4O2S. The van der Waals surface area contributed by atoms with Gasteiger partial charge in [-0.3, -0.25) is 14.5 Å². The number of rotatable bonds is 7. The summed E-state index contributed by atoms with van der Waals surface area (Å²) in [5.74, 6) is -6.15. The van der Waals surface area contributed by atoms with E-state index in [-0.39, 0.29) is 29.9 Å². The van der Waals surface area contributed by atoms with E-state index in [2.05, 4.69) is 15.3 Å². The van der Waals surface area contributed by atoms with Gasteiger partial charge in [0, 0.05) is 42.5 Å².